The van der Waals surface area contributed by atoms with Gasteiger partial charge in [0.05, 0.1) is 21.6 Å². The highest BCUT2D eigenvalue weighted by Crippen LogP contribution is 2.27. The number of rotatable bonds is 3. The van der Waals surface area contributed by atoms with E-state index in [1.165, 1.54) is 12.1 Å². The van der Waals surface area contributed by atoms with Gasteiger partial charge in [-0.25, -0.2) is 0 Å². The van der Waals surface area contributed by atoms with Gasteiger partial charge in [-0.2, -0.15) is 5.10 Å². The van der Waals surface area contributed by atoms with Crippen LogP contribution in [0.15, 0.2) is 46.9 Å². The molecule has 1 aliphatic rings. The fourth-order valence-electron chi connectivity index (χ4n) is 2.06. The van der Waals surface area contributed by atoms with Crippen molar-refractivity contribution in [3.63, 3.8) is 0 Å². The quantitative estimate of drug-likeness (QED) is 0.690. The molecule has 0 saturated carbocycles. The van der Waals surface area contributed by atoms with Crippen LogP contribution in [0.1, 0.15) is 22.9 Å². The second-order valence-corrected chi connectivity index (χ2v) is 5.22. The summed E-state index contributed by atoms with van der Waals surface area (Å²) in [6.45, 7) is 0. The number of hydrazone groups is 1. The maximum absolute atomic E-state index is 10.6. The summed E-state index contributed by atoms with van der Waals surface area (Å²) < 4.78 is 0. The SMILES string of the molecule is O=[N+]([O-])c1ccc(C2CC(c3cccs3)=NN2)cc1. The molecule has 6 heteroatoms. The highest BCUT2D eigenvalue weighted by molar-refractivity contribution is 7.12. The van der Waals surface area contributed by atoms with Crippen LogP contribution in [0.5, 0.6) is 0 Å². The number of thiophene rings is 1. The minimum Gasteiger partial charge on any atom is -0.302 e. The molecule has 2 aromatic rings. The van der Waals surface area contributed by atoms with Crippen LogP contribution in [-0.2, 0) is 0 Å². The molecule has 3 rings (SSSR count). The van der Waals surface area contributed by atoms with Gasteiger partial charge in [0.25, 0.3) is 5.69 Å². The third kappa shape index (κ3) is 2.34. The van der Waals surface area contributed by atoms with Crippen molar-refractivity contribution in [2.24, 2.45) is 5.10 Å². The molecule has 0 amide bonds. The third-order valence-electron chi connectivity index (χ3n) is 3.06. The first-order valence-electron chi connectivity index (χ1n) is 5.84. The lowest BCUT2D eigenvalue weighted by atomic mass is 10.0. The first-order chi connectivity index (χ1) is 9.24. The van der Waals surface area contributed by atoms with Crippen molar-refractivity contribution < 1.29 is 4.92 Å². The zero-order valence-electron chi connectivity index (χ0n) is 9.95. The molecule has 0 radical (unpaired) electrons. The maximum Gasteiger partial charge on any atom is 0.269 e. The molecule has 2 heterocycles. The van der Waals surface area contributed by atoms with E-state index in [4.69, 9.17) is 0 Å². The zero-order valence-corrected chi connectivity index (χ0v) is 10.8. The summed E-state index contributed by atoms with van der Waals surface area (Å²) in [5.41, 5.74) is 5.25. The lowest BCUT2D eigenvalue weighted by Gasteiger charge is -2.09. The lowest BCUT2D eigenvalue weighted by molar-refractivity contribution is -0.384. The van der Waals surface area contributed by atoms with E-state index in [0.29, 0.717) is 0 Å². The molecule has 96 valence electrons. The van der Waals surface area contributed by atoms with Crippen molar-refractivity contribution in [2.75, 3.05) is 0 Å². The lowest BCUT2D eigenvalue weighted by Crippen LogP contribution is -2.09. The van der Waals surface area contributed by atoms with Gasteiger partial charge in [0.2, 0.25) is 0 Å². The number of nitro benzene ring substituents is 1. The molecule has 0 spiro atoms. The molecule has 5 nitrogen and oxygen atoms in total. The van der Waals surface area contributed by atoms with Gasteiger partial charge in [-0.15, -0.1) is 11.3 Å². The normalized spacial score (nSPS) is 17.9. The molecule has 1 atom stereocenters. The topological polar surface area (TPSA) is 67.5 Å². The van der Waals surface area contributed by atoms with Gasteiger partial charge in [-0.1, -0.05) is 18.2 Å². The predicted molar refractivity (Wildman–Crippen MR) is 74.4 cm³/mol. The van der Waals surface area contributed by atoms with Gasteiger partial charge in [0, 0.05) is 18.6 Å². The molecule has 0 aliphatic carbocycles. The maximum atomic E-state index is 10.6. The van der Waals surface area contributed by atoms with Crippen LogP contribution in [0.4, 0.5) is 5.69 Å². The molecule has 0 fully saturated rings. The summed E-state index contributed by atoms with van der Waals surface area (Å²) >= 11 is 1.66. The van der Waals surface area contributed by atoms with Gasteiger partial charge < -0.3 is 5.43 Å². The molecule has 1 aromatic heterocycles. The van der Waals surface area contributed by atoms with Crippen molar-refractivity contribution in [3.05, 3.63) is 62.3 Å². The zero-order chi connectivity index (χ0) is 13.2. The molecular weight excluding hydrogens is 262 g/mol. The number of non-ortho nitro benzene ring substituents is 1. The van der Waals surface area contributed by atoms with Gasteiger partial charge >= 0.3 is 0 Å². The van der Waals surface area contributed by atoms with Crippen LogP contribution in [0.25, 0.3) is 0 Å². The van der Waals surface area contributed by atoms with Crippen molar-refractivity contribution in [1.29, 1.82) is 0 Å². The molecule has 0 bridgehead atoms. The highest BCUT2D eigenvalue weighted by Gasteiger charge is 2.22. The molecule has 1 aromatic carbocycles. The van der Waals surface area contributed by atoms with Crippen molar-refractivity contribution >= 4 is 22.7 Å². The van der Waals surface area contributed by atoms with E-state index in [1.54, 1.807) is 23.5 Å². The minimum absolute atomic E-state index is 0.0953. The molecule has 1 unspecified atom stereocenters. The second-order valence-electron chi connectivity index (χ2n) is 4.27. The van der Waals surface area contributed by atoms with Crippen molar-refractivity contribution in [1.82, 2.24) is 5.43 Å². The fraction of sp³-hybridized carbons (Fsp3) is 0.154. The average molecular weight is 273 g/mol. The summed E-state index contributed by atoms with van der Waals surface area (Å²) in [5.74, 6) is 0. The van der Waals surface area contributed by atoms with Crippen LogP contribution in [-0.4, -0.2) is 10.6 Å². The molecule has 0 saturated heterocycles. The first-order valence-corrected chi connectivity index (χ1v) is 6.72. The Balaban J connectivity index is 1.74. The summed E-state index contributed by atoms with van der Waals surface area (Å²) in [5, 5.41) is 17.0. The van der Waals surface area contributed by atoms with Crippen LogP contribution in [0, 0.1) is 10.1 Å². The summed E-state index contributed by atoms with van der Waals surface area (Å²) in [6.07, 6.45) is 0.804. The Labute approximate surface area is 113 Å². The van der Waals surface area contributed by atoms with E-state index >= 15 is 0 Å². The van der Waals surface area contributed by atoms with E-state index in [1.807, 2.05) is 17.5 Å². The summed E-state index contributed by atoms with van der Waals surface area (Å²) in [6, 6.07) is 10.8. The van der Waals surface area contributed by atoms with Crippen LogP contribution >= 0.6 is 11.3 Å². The monoisotopic (exact) mass is 273 g/mol. The van der Waals surface area contributed by atoms with Gasteiger partial charge in [-0.3, -0.25) is 10.1 Å². The van der Waals surface area contributed by atoms with E-state index in [-0.39, 0.29) is 16.7 Å². The Morgan fingerprint density at radius 3 is 2.74 bits per heavy atom. The van der Waals surface area contributed by atoms with Crippen molar-refractivity contribution in [3.8, 4) is 0 Å². The Bertz CT molecular complexity index is 620. The average Bonchev–Trinajstić information content (AvgIpc) is 3.10. The Kier molecular flexibility index (Phi) is 3.00. The smallest absolute Gasteiger partial charge is 0.269 e. The number of hydrogen-bond acceptors (Lipinski definition) is 5. The van der Waals surface area contributed by atoms with Gasteiger partial charge in [0.15, 0.2) is 0 Å². The van der Waals surface area contributed by atoms with Crippen LogP contribution < -0.4 is 5.43 Å². The van der Waals surface area contributed by atoms with Crippen molar-refractivity contribution in [2.45, 2.75) is 12.5 Å². The number of nitrogens with one attached hydrogen (secondary N) is 1. The Hall–Kier alpha value is -2.21. The predicted octanol–water partition coefficient (Wildman–Crippen LogP) is 3.10. The molecular formula is C13H11N3O2S. The number of nitro groups is 1. The van der Waals surface area contributed by atoms with Crippen LogP contribution in [0.3, 0.4) is 0 Å². The second kappa shape index (κ2) is 4.81. The van der Waals surface area contributed by atoms with Gasteiger partial charge in [0.1, 0.15) is 0 Å². The number of benzene rings is 1. The largest absolute Gasteiger partial charge is 0.302 e. The molecule has 1 N–H and O–H groups in total. The summed E-state index contributed by atoms with van der Waals surface area (Å²) in [4.78, 5) is 11.4. The van der Waals surface area contributed by atoms with Crippen LogP contribution in [0.2, 0.25) is 0 Å². The van der Waals surface area contributed by atoms with Gasteiger partial charge in [-0.05, 0) is 17.0 Å². The van der Waals surface area contributed by atoms with E-state index < -0.39 is 0 Å². The first kappa shape index (κ1) is 11.9. The summed E-state index contributed by atoms with van der Waals surface area (Å²) in [7, 11) is 0. The molecule has 1 aliphatic heterocycles. The number of hydrogen-bond donors (Lipinski definition) is 1. The van der Waals surface area contributed by atoms with E-state index in [9.17, 15) is 10.1 Å². The Morgan fingerprint density at radius 2 is 2.11 bits per heavy atom. The highest BCUT2D eigenvalue weighted by atomic mass is 32.1. The molecule has 19 heavy (non-hydrogen) atoms. The van der Waals surface area contributed by atoms with E-state index in [0.717, 1.165) is 22.6 Å². The minimum atomic E-state index is -0.389. The third-order valence-corrected chi connectivity index (χ3v) is 3.98. The Morgan fingerprint density at radius 1 is 1.32 bits per heavy atom. The van der Waals surface area contributed by atoms with E-state index in [2.05, 4.69) is 10.5 Å². The fourth-order valence-corrected chi connectivity index (χ4v) is 2.79. The standard InChI is InChI=1S/C13H11N3O2S/c17-16(18)10-5-3-9(4-6-10)11-8-12(15-14-11)13-2-1-7-19-13/h1-7,11,14H,8H2. The number of nitrogens with zero attached hydrogens (tertiary/aromatic N) is 2.